The molecule has 212 valence electrons. The first-order chi connectivity index (χ1) is 17.4. The number of hydrogen-bond donors (Lipinski definition) is 1. The fourth-order valence-electron chi connectivity index (χ4n) is 5.76. The number of piperidine rings is 1. The Kier molecular flexibility index (Phi) is 12.1. The monoisotopic (exact) mass is 520 g/mol. The van der Waals surface area contributed by atoms with Gasteiger partial charge in [-0.1, -0.05) is 40.2 Å². The van der Waals surface area contributed by atoms with Gasteiger partial charge in [-0.3, -0.25) is 19.3 Å². The van der Waals surface area contributed by atoms with E-state index in [9.17, 15) is 14.4 Å². The Morgan fingerprint density at radius 3 is 2.24 bits per heavy atom. The Hall–Kier alpha value is -1.93. The van der Waals surface area contributed by atoms with Gasteiger partial charge in [0.05, 0.1) is 24.7 Å². The molecule has 2 rings (SSSR count). The van der Waals surface area contributed by atoms with Crippen molar-refractivity contribution in [3.05, 3.63) is 11.6 Å². The van der Waals surface area contributed by atoms with E-state index >= 15 is 0 Å². The zero-order valence-corrected chi connectivity index (χ0v) is 24.8. The first-order valence-electron chi connectivity index (χ1n) is 14.2. The highest BCUT2D eigenvalue weighted by Gasteiger charge is 2.36. The molecule has 2 saturated heterocycles. The van der Waals surface area contributed by atoms with Gasteiger partial charge in [0, 0.05) is 32.3 Å². The lowest BCUT2D eigenvalue weighted by molar-refractivity contribution is -0.140. The fourth-order valence-corrected chi connectivity index (χ4v) is 5.76. The molecule has 0 aromatic rings. The highest BCUT2D eigenvalue weighted by molar-refractivity contribution is 5.94. The van der Waals surface area contributed by atoms with Crippen LogP contribution in [-0.4, -0.2) is 96.5 Å². The molecule has 2 heterocycles. The average Bonchev–Trinajstić information content (AvgIpc) is 3.32. The number of carbonyl (C=O) groups excluding carboxylic acids is 3. The second-order valence-corrected chi connectivity index (χ2v) is 11.9. The first-order valence-corrected chi connectivity index (χ1v) is 14.2. The number of rotatable bonds is 11. The van der Waals surface area contributed by atoms with Crippen LogP contribution in [0.5, 0.6) is 0 Å². The smallest absolute Gasteiger partial charge is 0.249 e. The molecule has 2 aliphatic rings. The third-order valence-electron chi connectivity index (χ3n) is 7.97. The molecule has 8 nitrogen and oxygen atoms in total. The second kappa shape index (κ2) is 14.3. The summed E-state index contributed by atoms with van der Waals surface area (Å²) in [6.45, 7) is 16.3. The first kappa shape index (κ1) is 31.3. The number of hydrogen-bond acceptors (Lipinski definition) is 5. The minimum Gasteiger partial charge on any atom is -0.383 e. The van der Waals surface area contributed by atoms with Crippen molar-refractivity contribution in [1.29, 1.82) is 0 Å². The Bertz CT molecular complexity index is 810. The molecular weight excluding hydrogens is 468 g/mol. The Labute approximate surface area is 225 Å². The van der Waals surface area contributed by atoms with Gasteiger partial charge in [0.15, 0.2) is 0 Å². The molecule has 0 spiro atoms. The van der Waals surface area contributed by atoms with E-state index in [0.29, 0.717) is 12.2 Å². The number of carbonyl (C=O) groups is 3. The molecule has 0 aromatic carbocycles. The summed E-state index contributed by atoms with van der Waals surface area (Å²) in [5.74, 6) is -0.137. The van der Waals surface area contributed by atoms with Crippen molar-refractivity contribution < 1.29 is 19.1 Å². The van der Waals surface area contributed by atoms with Gasteiger partial charge in [0.25, 0.3) is 0 Å². The molecule has 0 aliphatic carbocycles. The van der Waals surface area contributed by atoms with Gasteiger partial charge < -0.3 is 19.9 Å². The molecule has 0 radical (unpaired) electrons. The van der Waals surface area contributed by atoms with Crippen molar-refractivity contribution in [2.45, 2.75) is 111 Å². The molecule has 4 unspecified atom stereocenters. The van der Waals surface area contributed by atoms with E-state index in [2.05, 4.69) is 37.9 Å². The molecule has 37 heavy (non-hydrogen) atoms. The van der Waals surface area contributed by atoms with Crippen molar-refractivity contribution in [3.8, 4) is 0 Å². The van der Waals surface area contributed by atoms with Crippen molar-refractivity contribution >= 4 is 17.7 Å². The zero-order valence-electron chi connectivity index (χ0n) is 24.8. The zero-order chi connectivity index (χ0) is 27.9. The van der Waals surface area contributed by atoms with Crippen molar-refractivity contribution in [2.75, 3.05) is 33.9 Å². The molecule has 3 amide bonds. The minimum absolute atomic E-state index is 0.00540. The van der Waals surface area contributed by atoms with Gasteiger partial charge in [0.1, 0.15) is 6.04 Å². The Morgan fingerprint density at radius 2 is 1.68 bits per heavy atom. The summed E-state index contributed by atoms with van der Waals surface area (Å²) in [5.41, 5.74) is 0.640. The van der Waals surface area contributed by atoms with E-state index in [1.807, 2.05) is 31.7 Å². The number of likely N-dealkylation sites (N-methyl/N-ethyl adjacent to an activating group) is 1. The quantitative estimate of drug-likeness (QED) is 0.422. The average molecular weight is 521 g/mol. The predicted octanol–water partition coefficient (Wildman–Crippen LogP) is 3.46. The van der Waals surface area contributed by atoms with E-state index < -0.39 is 6.04 Å². The van der Waals surface area contributed by atoms with Crippen molar-refractivity contribution in [1.82, 2.24) is 20.0 Å². The number of amides is 3. The van der Waals surface area contributed by atoms with Gasteiger partial charge in [-0.15, -0.1) is 0 Å². The van der Waals surface area contributed by atoms with Crippen LogP contribution in [0.15, 0.2) is 11.6 Å². The van der Waals surface area contributed by atoms with Gasteiger partial charge in [0.2, 0.25) is 17.7 Å². The number of nitrogens with zero attached hydrogens (tertiary/aromatic N) is 3. The Morgan fingerprint density at radius 1 is 1.00 bits per heavy atom. The van der Waals surface area contributed by atoms with E-state index in [1.165, 1.54) is 0 Å². The third kappa shape index (κ3) is 8.03. The number of nitrogens with one attached hydrogen (secondary N) is 1. The van der Waals surface area contributed by atoms with Gasteiger partial charge in [-0.25, -0.2) is 0 Å². The summed E-state index contributed by atoms with van der Waals surface area (Å²) in [4.78, 5) is 46.2. The lowest BCUT2D eigenvalue weighted by atomic mass is 9.95. The molecule has 0 saturated carbocycles. The maximum absolute atomic E-state index is 13.8. The standard InChI is InChI=1S/C29H52N4O4/c1-19(2)25(17-22(7)28(35)33-16-12-13-23(33)18-37-9)31(8)29(36)26(20(3)4)30-27(34)24-14-10-11-15-32(24)21(5)6/h17,19-21,23-26H,10-16,18H2,1-9H3,(H,30,34)/b22-17+. The highest BCUT2D eigenvalue weighted by atomic mass is 16.5. The summed E-state index contributed by atoms with van der Waals surface area (Å²) >= 11 is 0. The van der Waals surface area contributed by atoms with Crippen LogP contribution < -0.4 is 5.32 Å². The molecule has 0 aromatic heterocycles. The van der Waals surface area contributed by atoms with E-state index in [0.717, 1.165) is 45.2 Å². The van der Waals surface area contributed by atoms with Crippen LogP contribution in [0.3, 0.4) is 0 Å². The summed E-state index contributed by atoms with van der Waals surface area (Å²) in [5, 5.41) is 3.10. The number of likely N-dealkylation sites (tertiary alicyclic amines) is 2. The van der Waals surface area contributed by atoms with Crippen LogP contribution in [0.2, 0.25) is 0 Å². The summed E-state index contributed by atoms with van der Waals surface area (Å²) < 4.78 is 5.31. The van der Waals surface area contributed by atoms with E-state index in [1.54, 1.807) is 19.1 Å². The van der Waals surface area contributed by atoms with E-state index in [4.69, 9.17) is 4.74 Å². The normalized spacial score (nSPS) is 23.0. The third-order valence-corrected chi connectivity index (χ3v) is 7.97. The summed E-state index contributed by atoms with van der Waals surface area (Å²) in [7, 11) is 3.45. The number of methoxy groups -OCH3 is 1. The molecule has 8 heteroatoms. The van der Waals surface area contributed by atoms with Gasteiger partial charge in [-0.05, 0) is 64.8 Å². The molecule has 2 aliphatic heterocycles. The second-order valence-electron chi connectivity index (χ2n) is 11.9. The molecule has 0 bridgehead atoms. The lowest BCUT2D eigenvalue weighted by Gasteiger charge is -2.39. The van der Waals surface area contributed by atoms with Crippen molar-refractivity contribution in [3.63, 3.8) is 0 Å². The van der Waals surface area contributed by atoms with Gasteiger partial charge in [-0.2, -0.15) is 0 Å². The topological polar surface area (TPSA) is 82.2 Å². The molecular formula is C29H52N4O4. The summed E-state index contributed by atoms with van der Waals surface area (Å²) in [6.07, 6.45) is 6.79. The van der Waals surface area contributed by atoms with Crippen LogP contribution >= 0.6 is 0 Å². The molecule has 2 fully saturated rings. The molecule has 4 atom stereocenters. The van der Waals surface area contributed by atoms with Crippen LogP contribution in [0, 0.1) is 11.8 Å². The van der Waals surface area contributed by atoms with E-state index in [-0.39, 0.29) is 53.7 Å². The minimum atomic E-state index is -0.622. The van der Waals surface area contributed by atoms with Crippen LogP contribution in [0.4, 0.5) is 0 Å². The fraction of sp³-hybridized carbons (Fsp3) is 0.828. The highest BCUT2D eigenvalue weighted by Crippen LogP contribution is 2.23. The van der Waals surface area contributed by atoms with Crippen LogP contribution in [-0.2, 0) is 19.1 Å². The molecule has 1 N–H and O–H groups in total. The Balaban J connectivity index is 2.19. The van der Waals surface area contributed by atoms with Gasteiger partial charge >= 0.3 is 0 Å². The summed E-state index contributed by atoms with van der Waals surface area (Å²) in [6, 6.07) is -0.705. The lowest BCUT2D eigenvalue weighted by Crippen LogP contribution is -2.58. The maximum atomic E-state index is 13.8. The van der Waals surface area contributed by atoms with Crippen LogP contribution in [0.25, 0.3) is 0 Å². The van der Waals surface area contributed by atoms with Crippen LogP contribution in [0.1, 0.15) is 80.6 Å². The SMILES string of the molecule is COCC1CCCN1C(=O)/C(C)=C/C(C(C)C)N(C)C(=O)C(NC(=O)C1CCCCN1C(C)C)C(C)C. The predicted molar refractivity (Wildman–Crippen MR) is 148 cm³/mol. The largest absolute Gasteiger partial charge is 0.383 e. The maximum Gasteiger partial charge on any atom is 0.249 e. The van der Waals surface area contributed by atoms with Crippen molar-refractivity contribution in [2.24, 2.45) is 11.8 Å². The number of ether oxygens (including phenoxy) is 1.